The zero-order valence-electron chi connectivity index (χ0n) is 12.2. The normalized spacial score (nSPS) is 16.9. The van der Waals surface area contributed by atoms with Crippen LogP contribution < -0.4 is 0 Å². The maximum Gasteiger partial charge on any atom is 0.253 e. The number of hydrogen-bond donors (Lipinski definition) is 0. The number of carbonyl (C=O) groups excluding carboxylic acids is 2. The maximum atomic E-state index is 12.4. The van der Waals surface area contributed by atoms with Gasteiger partial charge >= 0.3 is 0 Å². The molecule has 0 aromatic heterocycles. The van der Waals surface area contributed by atoms with Crippen molar-refractivity contribution in [1.82, 2.24) is 9.80 Å². The highest BCUT2D eigenvalue weighted by Gasteiger charge is 2.21. The molecular formula is C16H22N2O2. The quantitative estimate of drug-likeness (QED) is 0.789. The van der Waals surface area contributed by atoms with Crippen LogP contribution in [0.2, 0.25) is 0 Å². The van der Waals surface area contributed by atoms with Gasteiger partial charge in [-0.25, -0.2) is 0 Å². The monoisotopic (exact) mass is 274 g/mol. The molecule has 1 heterocycles. The van der Waals surface area contributed by atoms with Crippen molar-refractivity contribution in [1.29, 1.82) is 0 Å². The highest BCUT2D eigenvalue weighted by molar-refractivity contribution is 5.94. The molecule has 2 amide bonds. The zero-order chi connectivity index (χ0) is 14.5. The average molecular weight is 274 g/mol. The largest absolute Gasteiger partial charge is 0.342 e. The lowest BCUT2D eigenvalue weighted by Crippen LogP contribution is -2.48. The number of piperazine rings is 1. The minimum absolute atomic E-state index is 0.0613. The van der Waals surface area contributed by atoms with E-state index in [0.717, 1.165) is 18.4 Å². The van der Waals surface area contributed by atoms with Crippen LogP contribution in [0.25, 0.3) is 0 Å². The Morgan fingerprint density at radius 2 is 1.80 bits per heavy atom. The fourth-order valence-corrected chi connectivity index (χ4v) is 2.40. The van der Waals surface area contributed by atoms with Crippen LogP contribution in [0.3, 0.4) is 0 Å². The van der Waals surface area contributed by atoms with Gasteiger partial charge in [-0.15, -0.1) is 0 Å². The average Bonchev–Trinajstić information content (AvgIpc) is 2.53. The Hall–Kier alpha value is -1.84. The third kappa shape index (κ3) is 3.18. The molecule has 1 aliphatic heterocycles. The Kier molecular flexibility index (Phi) is 4.77. The molecule has 0 N–H and O–H groups in total. The zero-order valence-corrected chi connectivity index (χ0v) is 12.2. The van der Waals surface area contributed by atoms with Crippen LogP contribution >= 0.6 is 0 Å². The Balaban J connectivity index is 2.01. The van der Waals surface area contributed by atoms with Gasteiger partial charge in [0.1, 0.15) is 0 Å². The van der Waals surface area contributed by atoms with Gasteiger partial charge in [0, 0.05) is 31.7 Å². The molecule has 1 fully saturated rings. The molecule has 1 saturated heterocycles. The van der Waals surface area contributed by atoms with Gasteiger partial charge < -0.3 is 9.80 Å². The minimum atomic E-state index is 0.0613. The molecule has 108 valence electrons. The molecule has 2 rings (SSSR count). The standard InChI is InChI=1S/C16H22N2O2/c1-3-13(2)14-4-6-15(7-5-14)16(20)18-10-8-17(12-19)9-11-18/h4-7,12-13H,3,8-11H2,1-2H3. The second kappa shape index (κ2) is 6.55. The summed E-state index contributed by atoms with van der Waals surface area (Å²) in [7, 11) is 0. The lowest BCUT2D eigenvalue weighted by atomic mass is 9.97. The van der Waals surface area contributed by atoms with E-state index in [1.807, 2.05) is 29.2 Å². The van der Waals surface area contributed by atoms with Gasteiger partial charge in [-0.2, -0.15) is 0 Å². The van der Waals surface area contributed by atoms with E-state index in [4.69, 9.17) is 0 Å². The van der Waals surface area contributed by atoms with Crippen LogP contribution in [0.1, 0.15) is 42.1 Å². The summed E-state index contributed by atoms with van der Waals surface area (Å²) in [6.07, 6.45) is 1.95. The van der Waals surface area contributed by atoms with Crippen LogP contribution in [-0.4, -0.2) is 48.3 Å². The number of amides is 2. The molecule has 20 heavy (non-hydrogen) atoms. The molecule has 0 spiro atoms. The number of rotatable bonds is 4. The highest BCUT2D eigenvalue weighted by atomic mass is 16.2. The summed E-state index contributed by atoms with van der Waals surface area (Å²) in [5.74, 6) is 0.585. The van der Waals surface area contributed by atoms with E-state index in [1.54, 1.807) is 4.90 Å². The van der Waals surface area contributed by atoms with Crippen molar-refractivity contribution in [3.8, 4) is 0 Å². The molecule has 1 unspecified atom stereocenters. The summed E-state index contributed by atoms with van der Waals surface area (Å²) in [5, 5.41) is 0. The van der Waals surface area contributed by atoms with Gasteiger partial charge in [-0.3, -0.25) is 9.59 Å². The van der Waals surface area contributed by atoms with Gasteiger partial charge in [0.25, 0.3) is 5.91 Å². The topological polar surface area (TPSA) is 40.6 Å². The number of hydrogen-bond acceptors (Lipinski definition) is 2. The van der Waals surface area contributed by atoms with Gasteiger partial charge in [0.15, 0.2) is 0 Å². The lowest BCUT2D eigenvalue weighted by molar-refractivity contribution is -0.119. The lowest BCUT2D eigenvalue weighted by Gasteiger charge is -2.32. The molecule has 1 aliphatic rings. The Morgan fingerprint density at radius 1 is 1.20 bits per heavy atom. The first-order valence-electron chi connectivity index (χ1n) is 7.24. The Bertz CT molecular complexity index is 462. The molecule has 0 radical (unpaired) electrons. The van der Waals surface area contributed by atoms with E-state index < -0.39 is 0 Å². The fraction of sp³-hybridized carbons (Fsp3) is 0.500. The molecule has 0 aliphatic carbocycles. The maximum absolute atomic E-state index is 12.4. The fourth-order valence-electron chi connectivity index (χ4n) is 2.40. The van der Waals surface area contributed by atoms with Crippen molar-refractivity contribution in [3.05, 3.63) is 35.4 Å². The first-order chi connectivity index (χ1) is 9.65. The minimum Gasteiger partial charge on any atom is -0.342 e. The predicted molar refractivity (Wildman–Crippen MR) is 78.7 cm³/mol. The van der Waals surface area contributed by atoms with E-state index in [2.05, 4.69) is 13.8 Å². The van der Waals surface area contributed by atoms with Crippen molar-refractivity contribution in [2.24, 2.45) is 0 Å². The van der Waals surface area contributed by atoms with Gasteiger partial charge in [0.05, 0.1) is 0 Å². The van der Waals surface area contributed by atoms with Crippen LogP contribution in [0.4, 0.5) is 0 Å². The van der Waals surface area contributed by atoms with E-state index in [0.29, 0.717) is 32.1 Å². The molecule has 1 aromatic carbocycles. The molecule has 0 saturated carbocycles. The second-order valence-corrected chi connectivity index (χ2v) is 5.36. The van der Waals surface area contributed by atoms with Crippen molar-refractivity contribution in [2.75, 3.05) is 26.2 Å². The smallest absolute Gasteiger partial charge is 0.253 e. The summed E-state index contributed by atoms with van der Waals surface area (Å²) in [5.41, 5.74) is 2.01. The molecular weight excluding hydrogens is 252 g/mol. The van der Waals surface area contributed by atoms with Crippen LogP contribution in [0.15, 0.2) is 24.3 Å². The summed E-state index contributed by atoms with van der Waals surface area (Å²) < 4.78 is 0. The number of benzene rings is 1. The summed E-state index contributed by atoms with van der Waals surface area (Å²) >= 11 is 0. The first-order valence-corrected chi connectivity index (χ1v) is 7.24. The molecule has 1 atom stereocenters. The molecule has 4 heteroatoms. The van der Waals surface area contributed by atoms with E-state index in [1.165, 1.54) is 5.56 Å². The van der Waals surface area contributed by atoms with Crippen LogP contribution in [0.5, 0.6) is 0 Å². The first kappa shape index (κ1) is 14.6. The number of carbonyl (C=O) groups is 2. The van der Waals surface area contributed by atoms with Crippen molar-refractivity contribution < 1.29 is 9.59 Å². The van der Waals surface area contributed by atoms with E-state index >= 15 is 0 Å². The van der Waals surface area contributed by atoms with Crippen LogP contribution in [-0.2, 0) is 4.79 Å². The van der Waals surface area contributed by atoms with Crippen LogP contribution in [0, 0.1) is 0 Å². The molecule has 4 nitrogen and oxygen atoms in total. The van der Waals surface area contributed by atoms with Crippen molar-refractivity contribution in [2.45, 2.75) is 26.2 Å². The summed E-state index contributed by atoms with van der Waals surface area (Å²) in [6.45, 7) is 6.83. The summed E-state index contributed by atoms with van der Waals surface area (Å²) in [4.78, 5) is 26.5. The molecule has 0 bridgehead atoms. The van der Waals surface area contributed by atoms with Crippen molar-refractivity contribution in [3.63, 3.8) is 0 Å². The second-order valence-electron chi connectivity index (χ2n) is 5.36. The Labute approximate surface area is 120 Å². The third-order valence-corrected chi connectivity index (χ3v) is 4.09. The summed E-state index contributed by atoms with van der Waals surface area (Å²) in [6, 6.07) is 7.91. The van der Waals surface area contributed by atoms with Crippen molar-refractivity contribution >= 4 is 12.3 Å². The number of nitrogens with zero attached hydrogens (tertiary/aromatic N) is 2. The van der Waals surface area contributed by atoms with E-state index in [9.17, 15) is 9.59 Å². The third-order valence-electron chi connectivity index (χ3n) is 4.09. The van der Waals surface area contributed by atoms with Gasteiger partial charge in [0.2, 0.25) is 6.41 Å². The predicted octanol–water partition coefficient (Wildman–Crippen LogP) is 2.11. The Morgan fingerprint density at radius 3 is 2.30 bits per heavy atom. The highest BCUT2D eigenvalue weighted by Crippen LogP contribution is 2.19. The van der Waals surface area contributed by atoms with Gasteiger partial charge in [-0.05, 0) is 30.0 Å². The molecule has 1 aromatic rings. The van der Waals surface area contributed by atoms with E-state index in [-0.39, 0.29) is 5.91 Å². The van der Waals surface area contributed by atoms with Gasteiger partial charge in [-0.1, -0.05) is 26.0 Å². The SMILES string of the molecule is CCC(C)c1ccc(C(=O)N2CCN(C=O)CC2)cc1.